The average Bonchev–Trinajstić information content (AvgIpc) is 1.63. The van der Waals surface area contributed by atoms with Crippen LogP contribution in [0, 0.1) is 0 Å². The summed E-state index contributed by atoms with van der Waals surface area (Å²) in [6.45, 7) is 10.8. The van der Waals surface area contributed by atoms with Crippen molar-refractivity contribution in [3.05, 3.63) is 36.8 Å². The molecule has 0 saturated heterocycles. The van der Waals surface area contributed by atoms with Crippen LogP contribution in [0.1, 0.15) is 13.8 Å². The van der Waals surface area contributed by atoms with E-state index >= 15 is 0 Å². The van der Waals surface area contributed by atoms with Crippen LogP contribution in [0.4, 0.5) is 0 Å². The fraction of sp³-hybridized carbons (Fsp3) is 0.250. The van der Waals surface area contributed by atoms with Crippen LogP contribution >= 0.6 is 0 Å². The highest BCUT2D eigenvalue weighted by Gasteiger charge is 1.84. The molecule has 0 aliphatic carbocycles. The van der Waals surface area contributed by atoms with Gasteiger partial charge in [-0.1, -0.05) is 19.2 Å². The lowest BCUT2D eigenvalue weighted by Crippen LogP contribution is -1.81. The molecule has 0 bridgehead atoms. The van der Waals surface area contributed by atoms with Crippen molar-refractivity contribution in [1.82, 2.24) is 0 Å². The predicted octanol–water partition coefficient (Wildman–Crippen LogP) is 2.63. The van der Waals surface area contributed by atoms with Gasteiger partial charge in [0.2, 0.25) is 0 Å². The third-order valence-corrected chi connectivity index (χ3v) is 0.688. The lowest BCUT2D eigenvalue weighted by Gasteiger charge is -2.01. The first-order chi connectivity index (χ1) is 4.16. The van der Waals surface area contributed by atoms with E-state index in [1.807, 2.05) is 6.92 Å². The molecule has 0 radical (unpaired) electrons. The van der Waals surface area contributed by atoms with Gasteiger partial charge >= 0.3 is 0 Å². The molecule has 0 rings (SSSR count). The van der Waals surface area contributed by atoms with E-state index in [1.54, 1.807) is 19.1 Å². The van der Waals surface area contributed by atoms with E-state index in [4.69, 9.17) is 4.74 Å². The Morgan fingerprint density at radius 3 is 2.33 bits per heavy atom. The molecule has 0 aromatic carbocycles. The molecular formula is C8H12O. The van der Waals surface area contributed by atoms with E-state index in [9.17, 15) is 0 Å². The largest absolute Gasteiger partial charge is 0.467 e. The summed E-state index contributed by atoms with van der Waals surface area (Å²) in [5.74, 6) is 1.52. The normalized spacial score (nSPS) is 10.7. The topological polar surface area (TPSA) is 9.23 Å². The molecule has 0 heterocycles. The SMILES string of the molecule is C=C/C=C(\C)OC(=C)C. The van der Waals surface area contributed by atoms with Gasteiger partial charge in [-0.2, -0.15) is 0 Å². The molecule has 1 nitrogen and oxygen atoms in total. The van der Waals surface area contributed by atoms with Crippen molar-refractivity contribution in [3.8, 4) is 0 Å². The fourth-order valence-electron chi connectivity index (χ4n) is 0.475. The van der Waals surface area contributed by atoms with Gasteiger partial charge in [0.1, 0.15) is 5.76 Å². The first kappa shape index (κ1) is 8.02. The highest BCUT2D eigenvalue weighted by Crippen LogP contribution is 2.01. The number of allylic oxidation sites excluding steroid dienone is 4. The second kappa shape index (κ2) is 3.96. The molecule has 50 valence electrons. The van der Waals surface area contributed by atoms with Crippen molar-refractivity contribution in [1.29, 1.82) is 0 Å². The summed E-state index contributed by atoms with van der Waals surface area (Å²) in [6.07, 6.45) is 3.47. The monoisotopic (exact) mass is 124 g/mol. The van der Waals surface area contributed by atoms with Gasteiger partial charge < -0.3 is 4.74 Å². The minimum absolute atomic E-state index is 0.700. The van der Waals surface area contributed by atoms with Crippen LogP contribution in [0.5, 0.6) is 0 Å². The van der Waals surface area contributed by atoms with Gasteiger partial charge in [0.15, 0.2) is 0 Å². The molecule has 0 aromatic heterocycles. The molecule has 0 atom stereocenters. The molecule has 0 saturated carbocycles. The third-order valence-electron chi connectivity index (χ3n) is 0.688. The molecule has 1 heteroatoms. The molecule has 9 heavy (non-hydrogen) atoms. The minimum atomic E-state index is 0.700. The number of ether oxygens (including phenoxy) is 1. The zero-order chi connectivity index (χ0) is 7.28. The summed E-state index contributed by atoms with van der Waals surface area (Å²) in [5.41, 5.74) is 0. The summed E-state index contributed by atoms with van der Waals surface area (Å²) >= 11 is 0. The average molecular weight is 124 g/mol. The van der Waals surface area contributed by atoms with Crippen LogP contribution in [0.15, 0.2) is 36.8 Å². The Kier molecular flexibility index (Phi) is 3.52. The van der Waals surface area contributed by atoms with Crippen LogP contribution in [0.25, 0.3) is 0 Å². The van der Waals surface area contributed by atoms with Gasteiger partial charge in [-0.05, 0) is 19.9 Å². The van der Waals surface area contributed by atoms with Gasteiger partial charge in [0.25, 0.3) is 0 Å². The molecular weight excluding hydrogens is 112 g/mol. The van der Waals surface area contributed by atoms with E-state index in [2.05, 4.69) is 13.2 Å². The van der Waals surface area contributed by atoms with E-state index in [0.717, 1.165) is 5.76 Å². The lowest BCUT2D eigenvalue weighted by molar-refractivity contribution is 0.311. The first-order valence-electron chi connectivity index (χ1n) is 2.79. The van der Waals surface area contributed by atoms with Crippen LogP contribution in [-0.2, 0) is 4.74 Å². The Balaban J connectivity index is 3.75. The van der Waals surface area contributed by atoms with Crippen molar-refractivity contribution < 1.29 is 4.74 Å². The highest BCUT2D eigenvalue weighted by atomic mass is 16.5. The van der Waals surface area contributed by atoms with E-state index in [1.165, 1.54) is 0 Å². The summed E-state index contributed by atoms with van der Waals surface area (Å²) in [7, 11) is 0. The second-order valence-corrected chi connectivity index (χ2v) is 1.82. The summed E-state index contributed by atoms with van der Waals surface area (Å²) in [4.78, 5) is 0. The minimum Gasteiger partial charge on any atom is -0.467 e. The Morgan fingerprint density at radius 1 is 1.44 bits per heavy atom. The maximum absolute atomic E-state index is 5.09. The fourth-order valence-corrected chi connectivity index (χ4v) is 0.475. The zero-order valence-corrected chi connectivity index (χ0v) is 5.98. The van der Waals surface area contributed by atoms with Crippen molar-refractivity contribution in [2.75, 3.05) is 0 Å². The molecule has 0 aliphatic rings. The first-order valence-corrected chi connectivity index (χ1v) is 2.79. The Labute approximate surface area is 56.3 Å². The predicted molar refractivity (Wildman–Crippen MR) is 39.9 cm³/mol. The molecule has 0 unspecified atom stereocenters. The summed E-state index contributed by atoms with van der Waals surface area (Å²) < 4.78 is 5.09. The smallest absolute Gasteiger partial charge is 0.100 e. The second-order valence-electron chi connectivity index (χ2n) is 1.82. The quantitative estimate of drug-likeness (QED) is 0.415. The maximum Gasteiger partial charge on any atom is 0.100 e. The van der Waals surface area contributed by atoms with E-state index in [0.29, 0.717) is 5.76 Å². The zero-order valence-electron chi connectivity index (χ0n) is 5.98. The molecule has 0 spiro atoms. The van der Waals surface area contributed by atoms with Crippen molar-refractivity contribution in [2.24, 2.45) is 0 Å². The van der Waals surface area contributed by atoms with Crippen molar-refractivity contribution >= 4 is 0 Å². The van der Waals surface area contributed by atoms with Crippen molar-refractivity contribution in [2.45, 2.75) is 13.8 Å². The molecule has 0 aromatic rings. The van der Waals surface area contributed by atoms with Crippen LogP contribution in [0.3, 0.4) is 0 Å². The maximum atomic E-state index is 5.09. The Bertz CT molecular complexity index is 143. The summed E-state index contributed by atoms with van der Waals surface area (Å²) in [6, 6.07) is 0. The van der Waals surface area contributed by atoms with Crippen LogP contribution < -0.4 is 0 Å². The van der Waals surface area contributed by atoms with Crippen molar-refractivity contribution in [3.63, 3.8) is 0 Å². The number of rotatable bonds is 3. The molecule has 0 amide bonds. The van der Waals surface area contributed by atoms with Crippen LogP contribution in [0.2, 0.25) is 0 Å². The number of hydrogen-bond acceptors (Lipinski definition) is 1. The van der Waals surface area contributed by atoms with Gasteiger partial charge in [0, 0.05) is 0 Å². The molecule has 0 aliphatic heterocycles. The Morgan fingerprint density at radius 2 is 2.00 bits per heavy atom. The molecule has 0 N–H and O–H groups in total. The van der Waals surface area contributed by atoms with Gasteiger partial charge in [-0.15, -0.1) is 0 Å². The molecule has 0 fully saturated rings. The number of hydrogen-bond donors (Lipinski definition) is 0. The van der Waals surface area contributed by atoms with Crippen LogP contribution in [-0.4, -0.2) is 0 Å². The standard InChI is InChI=1S/C8H12O/c1-5-6-8(4)9-7(2)3/h5-6H,1-2H2,3-4H3/b8-6+. The summed E-state index contributed by atoms with van der Waals surface area (Å²) in [5, 5.41) is 0. The van der Waals surface area contributed by atoms with E-state index in [-0.39, 0.29) is 0 Å². The van der Waals surface area contributed by atoms with Gasteiger partial charge in [-0.25, -0.2) is 0 Å². The highest BCUT2D eigenvalue weighted by molar-refractivity contribution is 5.03. The van der Waals surface area contributed by atoms with Gasteiger partial charge in [0.05, 0.1) is 5.76 Å². The van der Waals surface area contributed by atoms with E-state index < -0.39 is 0 Å². The third kappa shape index (κ3) is 4.88. The Hall–Kier alpha value is -0.980. The lowest BCUT2D eigenvalue weighted by atomic mass is 10.5. The van der Waals surface area contributed by atoms with Gasteiger partial charge in [-0.3, -0.25) is 0 Å².